The van der Waals surface area contributed by atoms with Crippen molar-refractivity contribution in [2.24, 2.45) is 16.5 Å². The molecular weight excluding hydrogens is 537 g/mol. The molecule has 2 aromatic carbocycles. The number of rotatable bonds is 5. The topological polar surface area (TPSA) is 139 Å². The minimum atomic E-state index is -4.48. The van der Waals surface area contributed by atoms with E-state index in [1.807, 2.05) is 12.1 Å². The van der Waals surface area contributed by atoms with E-state index in [-0.39, 0.29) is 18.5 Å². The number of hydrogen-bond donors (Lipinski definition) is 3. The van der Waals surface area contributed by atoms with Crippen LogP contribution in [0.3, 0.4) is 0 Å². The maximum atomic E-state index is 13.7. The lowest BCUT2D eigenvalue weighted by Gasteiger charge is -2.36. The fourth-order valence-electron chi connectivity index (χ4n) is 5.10. The van der Waals surface area contributed by atoms with Gasteiger partial charge in [0.05, 0.1) is 29.2 Å². The predicted molar refractivity (Wildman–Crippen MR) is 148 cm³/mol. The first-order chi connectivity index (χ1) is 19.7. The first-order valence-corrected chi connectivity index (χ1v) is 12.8. The van der Waals surface area contributed by atoms with Gasteiger partial charge < -0.3 is 26.1 Å². The molecule has 13 heteroatoms. The smallest absolute Gasteiger partial charge is 0.416 e. The van der Waals surface area contributed by atoms with Gasteiger partial charge in [-0.1, -0.05) is 24.3 Å². The Balaban J connectivity index is 1.28. The van der Waals surface area contributed by atoms with Gasteiger partial charge in [-0.05, 0) is 42.8 Å². The number of aliphatic imine (C=N–C) groups is 1. The van der Waals surface area contributed by atoms with Crippen molar-refractivity contribution < 1.29 is 22.4 Å². The summed E-state index contributed by atoms with van der Waals surface area (Å²) in [7, 11) is 0. The van der Waals surface area contributed by atoms with Crippen molar-refractivity contribution in [3.63, 3.8) is 0 Å². The number of anilines is 3. The molecule has 10 nitrogen and oxygen atoms in total. The second kappa shape index (κ2) is 10.2. The van der Waals surface area contributed by atoms with Gasteiger partial charge in [0.15, 0.2) is 17.5 Å². The molecule has 2 aliphatic heterocycles. The summed E-state index contributed by atoms with van der Waals surface area (Å²) in [6.07, 6.45) is -2.19. The molecule has 0 saturated carbocycles. The number of amides is 2. The highest BCUT2D eigenvalue weighted by molar-refractivity contribution is 6.05. The molecule has 0 aliphatic carbocycles. The Kier molecular flexibility index (Phi) is 6.48. The number of nitrogens with one attached hydrogen (secondary N) is 1. The normalized spacial score (nSPS) is 15.9. The highest BCUT2D eigenvalue weighted by Crippen LogP contribution is 2.41. The number of guanidine groups is 1. The number of urea groups is 1. The summed E-state index contributed by atoms with van der Waals surface area (Å²) in [5, 5.41) is 2.94. The van der Waals surface area contributed by atoms with Crippen molar-refractivity contribution in [1.29, 1.82) is 0 Å². The SMILES string of the molecule is NC(N)=NCc1ncc(-c2cccc(NC(=O)N3c4nc(-c5cccc(C(F)(F)F)c5)ccc4N4CCC3C4)c2)o1. The largest absolute Gasteiger partial charge is 0.439 e. The average molecular weight is 563 g/mol. The first kappa shape index (κ1) is 26.2. The van der Waals surface area contributed by atoms with Crippen LogP contribution in [0.5, 0.6) is 0 Å². The highest BCUT2D eigenvalue weighted by atomic mass is 19.4. The van der Waals surface area contributed by atoms with E-state index in [9.17, 15) is 18.0 Å². The number of benzene rings is 2. The van der Waals surface area contributed by atoms with Crippen molar-refractivity contribution in [1.82, 2.24) is 9.97 Å². The van der Waals surface area contributed by atoms with Gasteiger partial charge in [0.2, 0.25) is 5.89 Å². The van der Waals surface area contributed by atoms with E-state index in [1.54, 1.807) is 41.4 Å². The van der Waals surface area contributed by atoms with Crippen LogP contribution in [0.25, 0.3) is 22.6 Å². The van der Waals surface area contributed by atoms with Crippen molar-refractivity contribution >= 4 is 29.2 Å². The van der Waals surface area contributed by atoms with E-state index in [0.717, 1.165) is 30.8 Å². The van der Waals surface area contributed by atoms with E-state index in [1.165, 1.54) is 6.07 Å². The molecule has 2 aliphatic rings. The van der Waals surface area contributed by atoms with Gasteiger partial charge in [-0.2, -0.15) is 13.2 Å². The van der Waals surface area contributed by atoms with Crippen LogP contribution in [0.2, 0.25) is 0 Å². The van der Waals surface area contributed by atoms with Crippen molar-refractivity contribution in [2.75, 3.05) is 28.2 Å². The maximum absolute atomic E-state index is 13.7. The number of halogens is 3. The number of alkyl halides is 3. The zero-order valence-electron chi connectivity index (χ0n) is 21.6. The molecule has 1 atom stereocenters. The van der Waals surface area contributed by atoms with Crippen molar-refractivity contribution in [2.45, 2.75) is 25.2 Å². The van der Waals surface area contributed by atoms with Crippen LogP contribution in [0.15, 0.2) is 76.3 Å². The minimum absolute atomic E-state index is 0.0735. The molecule has 0 spiro atoms. The molecule has 0 radical (unpaired) electrons. The third-order valence-corrected chi connectivity index (χ3v) is 7.01. The van der Waals surface area contributed by atoms with E-state index in [4.69, 9.17) is 20.9 Å². The van der Waals surface area contributed by atoms with Gasteiger partial charge in [-0.3, -0.25) is 4.90 Å². The number of oxazole rings is 1. The number of nitrogens with zero attached hydrogens (tertiary/aromatic N) is 5. The van der Waals surface area contributed by atoms with E-state index < -0.39 is 17.8 Å². The molecule has 41 heavy (non-hydrogen) atoms. The van der Waals surface area contributed by atoms with Gasteiger partial charge in [-0.15, -0.1) is 0 Å². The summed E-state index contributed by atoms with van der Waals surface area (Å²) in [5.41, 5.74) is 12.6. The van der Waals surface area contributed by atoms with Gasteiger partial charge in [0.1, 0.15) is 6.54 Å². The van der Waals surface area contributed by atoms with Gasteiger partial charge in [0, 0.05) is 29.9 Å². The Labute approximate surface area is 232 Å². The monoisotopic (exact) mass is 562 g/mol. The number of nitrogens with two attached hydrogens (primary N) is 2. The third-order valence-electron chi connectivity index (χ3n) is 7.01. The number of fused-ring (bicyclic) bond motifs is 4. The van der Waals surface area contributed by atoms with Gasteiger partial charge >= 0.3 is 12.2 Å². The summed E-state index contributed by atoms with van der Waals surface area (Å²) in [6, 6.07) is 15.1. The summed E-state index contributed by atoms with van der Waals surface area (Å²) >= 11 is 0. The Bertz CT molecular complexity index is 1650. The number of carbonyl (C=O) groups is 1. The van der Waals surface area contributed by atoms with E-state index in [2.05, 4.69) is 20.2 Å². The van der Waals surface area contributed by atoms with Crippen LogP contribution in [-0.4, -0.2) is 41.1 Å². The second-order valence-corrected chi connectivity index (χ2v) is 9.75. The van der Waals surface area contributed by atoms with Crippen LogP contribution >= 0.6 is 0 Å². The van der Waals surface area contributed by atoms with Crippen LogP contribution in [0.4, 0.5) is 35.2 Å². The maximum Gasteiger partial charge on any atom is 0.416 e. The molecule has 2 aromatic heterocycles. The molecule has 210 valence electrons. The van der Waals surface area contributed by atoms with Crippen molar-refractivity contribution in [3.8, 4) is 22.6 Å². The summed E-state index contributed by atoms with van der Waals surface area (Å²) in [5.74, 6) is 1.14. The zero-order chi connectivity index (χ0) is 28.7. The Morgan fingerprint density at radius 1 is 1.10 bits per heavy atom. The van der Waals surface area contributed by atoms with E-state index in [0.29, 0.717) is 46.5 Å². The number of aromatic nitrogens is 2. The van der Waals surface area contributed by atoms with Crippen LogP contribution in [0, 0.1) is 0 Å². The van der Waals surface area contributed by atoms with Crippen LogP contribution in [-0.2, 0) is 12.7 Å². The predicted octanol–water partition coefficient (Wildman–Crippen LogP) is 4.83. The molecule has 2 amide bonds. The summed E-state index contributed by atoms with van der Waals surface area (Å²) < 4.78 is 45.7. The highest BCUT2D eigenvalue weighted by Gasteiger charge is 2.40. The molecule has 1 saturated heterocycles. The van der Waals surface area contributed by atoms with Crippen molar-refractivity contribution in [3.05, 3.63) is 78.3 Å². The second-order valence-electron chi connectivity index (χ2n) is 9.75. The quantitative estimate of drug-likeness (QED) is 0.234. The molecule has 1 unspecified atom stereocenters. The number of hydrogen-bond acceptors (Lipinski definition) is 6. The van der Waals surface area contributed by atoms with Gasteiger partial charge in [-0.25, -0.2) is 19.8 Å². The molecule has 6 rings (SSSR count). The van der Waals surface area contributed by atoms with Crippen LogP contribution in [0.1, 0.15) is 17.9 Å². The molecule has 1 fully saturated rings. The summed E-state index contributed by atoms with van der Waals surface area (Å²) in [4.78, 5) is 30.2. The number of pyridine rings is 1. The fraction of sp³-hybridized carbons (Fsp3) is 0.214. The molecule has 4 aromatic rings. The lowest BCUT2D eigenvalue weighted by Crippen LogP contribution is -2.48. The lowest BCUT2D eigenvalue weighted by atomic mass is 10.1. The van der Waals surface area contributed by atoms with E-state index >= 15 is 0 Å². The Morgan fingerprint density at radius 3 is 2.71 bits per heavy atom. The summed E-state index contributed by atoms with van der Waals surface area (Å²) in [6.45, 7) is 1.48. The third kappa shape index (κ3) is 5.25. The molecule has 5 N–H and O–H groups in total. The Hall–Kier alpha value is -5.07. The van der Waals surface area contributed by atoms with Crippen LogP contribution < -0.4 is 26.6 Å². The molecular formula is C28H25F3N8O2. The fourth-order valence-corrected chi connectivity index (χ4v) is 5.10. The molecule has 4 heterocycles. The Morgan fingerprint density at radius 2 is 1.90 bits per heavy atom. The molecule has 2 bridgehead atoms. The zero-order valence-corrected chi connectivity index (χ0v) is 21.6. The first-order valence-electron chi connectivity index (χ1n) is 12.8. The number of carbonyl (C=O) groups excluding carboxylic acids is 1. The average Bonchev–Trinajstić information content (AvgIpc) is 3.60. The minimum Gasteiger partial charge on any atom is -0.439 e. The lowest BCUT2D eigenvalue weighted by molar-refractivity contribution is -0.137. The standard InChI is InChI=1S/C28H25F3N8O2/c29-28(30,31)18-5-1-3-16(11-18)21-7-8-22-25(37-21)39(20-9-10-38(22)15-20)27(40)36-19-6-2-4-17(12-19)23-13-34-24(41-23)14-35-26(32)33/h1-8,11-13,20H,9-10,14-15H2,(H,36,40)(H4,32,33,35). The van der Waals surface area contributed by atoms with Gasteiger partial charge in [0.25, 0.3) is 0 Å².